The van der Waals surface area contributed by atoms with Gasteiger partial charge in [-0.15, -0.1) is 0 Å². The second kappa shape index (κ2) is 10.3. The molecule has 152 valence electrons. The van der Waals surface area contributed by atoms with E-state index in [9.17, 15) is 9.59 Å². The van der Waals surface area contributed by atoms with E-state index in [0.29, 0.717) is 17.8 Å². The summed E-state index contributed by atoms with van der Waals surface area (Å²) in [7, 11) is 0. The molecule has 0 spiro atoms. The van der Waals surface area contributed by atoms with Gasteiger partial charge in [-0.3, -0.25) is 9.59 Å². The van der Waals surface area contributed by atoms with Gasteiger partial charge in [-0.2, -0.15) is 5.26 Å². The van der Waals surface area contributed by atoms with Crippen LogP contribution >= 0.6 is 0 Å². The number of carbonyl (C=O) groups excluding carboxylic acids is 2. The first-order valence-corrected chi connectivity index (χ1v) is 9.83. The zero-order chi connectivity index (χ0) is 21.4. The molecule has 2 amide bonds. The van der Waals surface area contributed by atoms with Crippen molar-refractivity contribution in [2.24, 2.45) is 0 Å². The quantitative estimate of drug-likeness (QED) is 0.734. The molecule has 0 aliphatic rings. The van der Waals surface area contributed by atoms with Crippen molar-refractivity contribution >= 4 is 28.9 Å². The van der Waals surface area contributed by atoms with Crippen molar-refractivity contribution in [3.05, 3.63) is 53.6 Å². The number of benzene rings is 2. The molecular weight excluding hydrogens is 364 g/mol. The number of amides is 2. The van der Waals surface area contributed by atoms with Crippen molar-refractivity contribution in [2.45, 2.75) is 34.1 Å². The molecular formula is C23H28N4O2. The van der Waals surface area contributed by atoms with Gasteiger partial charge < -0.3 is 15.1 Å². The van der Waals surface area contributed by atoms with Crippen LogP contribution in [0, 0.1) is 18.3 Å². The highest BCUT2D eigenvalue weighted by Gasteiger charge is 2.16. The van der Waals surface area contributed by atoms with Crippen LogP contribution in [0.25, 0.3) is 0 Å². The summed E-state index contributed by atoms with van der Waals surface area (Å²) in [5.41, 5.74) is 4.10. The lowest BCUT2D eigenvalue weighted by molar-refractivity contribution is -0.117. The van der Waals surface area contributed by atoms with Gasteiger partial charge in [-0.25, -0.2) is 0 Å². The van der Waals surface area contributed by atoms with Gasteiger partial charge in [0.05, 0.1) is 11.6 Å². The van der Waals surface area contributed by atoms with Crippen molar-refractivity contribution in [1.29, 1.82) is 5.26 Å². The molecule has 0 aliphatic heterocycles. The van der Waals surface area contributed by atoms with Crippen molar-refractivity contribution in [3.63, 3.8) is 0 Å². The lowest BCUT2D eigenvalue weighted by Gasteiger charge is -2.26. The summed E-state index contributed by atoms with van der Waals surface area (Å²) in [6.07, 6.45) is 0.177. The molecule has 0 fully saturated rings. The third-order valence-electron chi connectivity index (χ3n) is 4.84. The number of hydrogen-bond acceptors (Lipinski definition) is 4. The second-order valence-corrected chi connectivity index (χ2v) is 6.80. The molecule has 1 N–H and O–H groups in total. The van der Waals surface area contributed by atoms with Crippen LogP contribution in [0.5, 0.6) is 0 Å². The number of carbonyl (C=O) groups is 2. The Kier molecular flexibility index (Phi) is 7.79. The van der Waals surface area contributed by atoms with Gasteiger partial charge in [0.1, 0.15) is 0 Å². The topological polar surface area (TPSA) is 76.4 Å². The maximum atomic E-state index is 12.3. The van der Waals surface area contributed by atoms with Crippen molar-refractivity contribution in [2.75, 3.05) is 34.8 Å². The number of anilines is 3. The highest BCUT2D eigenvalue weighted by atomic mass is 16.2. The Morgan fingerprint density at radius 1 is 1.07 bits per heavy atom. The summed E-state index contributed by atoms with van der Waals surface area (Å²) in [5.74, 6) is -0.284. The summed E-state index contributed by atoms with van der Waals surface area (Å²) in [6, 6.07) is 14.8. The van der Waals surface area contributed by atoms with Gasteiger partial charge >= 0.3 is 0 Å². The molecule has 0 saturated heterocycles. The van der Waals surface area contributed by atoms with Crippen LogP contribution in [0.3, 0.4) is 0 Å². The molecule has 2 aromatic carbocycles. The maximum absolute atomic E-state index is 12.3. The van der Waals surface area contributed by atoms with Gasteiger partial charge in [-0.05, 0) is 68.8 Å². The van der Waals surface area contributed by atoms with E-state index in [-0.39, 0.29) is 18.2 Å². The molecule has 0 atom stereocenters. The number of hydrogen-bond donors (Lipinski definition) is 1. The molecule has 29 heavy (non-hydrogen) atoms. The number of nitrogens with zero attached hydrogens (tertiary/aromatic N) is 3. The Bertz CT molecular complexity index is 896. The predicted molar refractivity (Wildman–Crippen MR) is 117 cm³/mol. The van der Waals surface area contributed by atoms with Crippen LogP contribution in [-0.2, 0) is 9.59 Å². The predicted octanol–water partition coefficient (Wildman–Crippen LogP) is 4.09. The number of rotatable bonds is 8. The van der Waals surface area contributed by atoms with Crippen molar-refractivity contribution < 1.29 is 9.59 Å². The van der Waals surface area contributed by atoms with Crippen molar-refractivity contribution in [1.82, 2.24) is 0 Å². The third kappa shape index (κ3) is 5.82. The van der Waals surface area contributed by atoms with Gasteiger partial charge in [0.25, 0.3) is 0 Å². The lowest BCUT2D eigenvalue weighted by atomic mass is 10.1. The fourth-order valence-electron chi connectivity index (χ4n) is 3.24. The second-order valence-electron chi connectivity index (χ2n) is 6.80. The fraction of sp³-hybridized carbons (Fsp3) is 0.348. The van der Waals surface area contributed by atoms with Gasteiger partial charge in [0, 0.05) is 50.0 Å². The van der Waals surface area contributed by atoms with E-state index in [1.54, 1.807) is 29.2 Å². The Morgan fingerprint density at radius 3 is 2.24 bits per heavy atom. The van der Waals surface area contributed by atoms with E-state index in [1.165, 1.54) is 6.92 Å². The summed E-state index contributed by atoms with van der Waals surface area (Å²) in [4.78, 5) is 28.4. The zero-order valence-electron chi connectivity index (χ0n) is 17.5. The van der Waals surface area contributed by atoms with E-state index >= 15 is 0 Å². The molecule has 0 saturated carbocycles. The first-order chi connectivity index (χ1) is 13.9. The number of aryl methyl sites for hydroxylation is 1. The third-order valence-corrected chi connectivity index (χ3v) is 4.84. The van der Waals surface area contributed by atoms with Crippen LogP contribution in [0.15, 0.2) is 42.5 Å². The highest BCUT2D eigenvalue weighted by Crippen LogP contribution is 2.26. The molecule has 0 bridgehead atoms. The van der Waals surface area contributed by atoms with Crippen LogP contribution < -0.4 is 15.1 Å². The van der Waals surface area contributed by atoms with Crippen LogP contribution in [-0.4, -0.2) is 31.4 Å². The molecule has 0 aliphatic carbocycles. The molecule has 0 aromatic heterocycles. The monoisotopic (exact) mass is 392 g/mol. The molecule has 0 unspecified atom stereocenters. The summed E-state index contributed by atoms with van der Waals surface area (Å²) in [6.45, 7) is 9.85. The summed E-state index contributed by atoms with van der Waals surface area (Å²) in [5, 5.41) is 11.6. The van der Waals surface area contributed by atoms with Gasteiger partial charge in [-0.1, -0.05) is 0 Å². The average molecular weight is 393 g/mol. The molecule has 2 rings (SSSR count). The average Bonchev–Trinajstić information content (AvgIpc) is 2.70. The van der Waals surface area contributed by atoms with Crippen LogP contribution in [0.1, 0.15) is 38.3 Å². The summed E-state index contributed by atoms with van der Waals surface area (Å²) < 4.78 is 0. The molecule has 6 nitrogen and oxygen atoms in total. The van der Waals surface area contributed by atoms with Gasteiger partial charge in [0.2, 0.25) is 11.8 Å². The zero-order valence-corrected chi connectivity index (χ0v) is 17.5. The first kappa shape index (κ1) is 22.0. The first-order valence-electron chi connectivity index (χ1n) is 9.83. The van der Waals surface area contributed by atoms with E-state index in [2.05, 4.69) is 30.1 Å². The Labute approximate surface area is 172 Å². The van der Waals surface area contributed by atoms with E-state index < -0.39 is 0 Å². The smallest absolute Gasteiger partial charge is 0.226 e. The standard InChI is InChI=1S/C23H28N4O2/c1-5-26(6-2)21-11-12-22(17(3)15-21)27(18(4)28)14-13-23(29)25-20-9-7-19(16-24)8-10-20/h7-12,15H,5-6,13-14H2,1-4H3,(H,25,29). The minimum atomic E-state index is -0.182. The minimum Gasteiger partial charge on any atom is -0.372 e. The number of nitriles is 1. The van der Waals surface area contributed by atoms with Crippen LogP contribution in [0.2, 0.25) is 0 Å². The highest BCUT2D eigenvalue weighted by molar-refractivity contribution is 5.95. The molecule has 0 radical (unpaired) electrons. The maximum Gasteiger partial charge on any atom is 0.226 e. The fourth-order valence-corrected chi connectivity index (χ4v) is 3.24. The minimum absolute atomic E-state index is 0.102. The summed E-state index contributed by atoms with van der Waals surface area (Å²) >= 11 is 0. The Balaban J connectivity index is 2.07. The van der Waals surface area contributed by atoms with E-state index in [1.807, 2.05) is 25.1 Å². The molecule has 2 aromatic rings. The van der Waals surface area contributed by atoms with E-state index in [4.69, 9.17) is 5.26 Å². The largest absolute Gasteiger partial charge is 0.372 e. The van der Waals surface area contributed by atoms with Crippen molar-refractivity contribution in [3.8, 4) is 6.07 Å². The van der Waals surface area contributed by atoms with Crippen LogP contribution in [0.4, 0.5) is 17.1 Å². The SMILES string of the molecule is CCN(CC)c1ccc(N(CCC(=O)Nc2ccc(C#N)cc2)C(C)=O)c(C)c1. The Hall–Kier alpha value is -3.33. The van der Waals surface area contributed by atoms with E-state index in [0.717, 1.165) is 30.0 Å². The van der Waals surface area contributed by atoms with Gasteiger partial charge in [0.15, 0.2) is 0 Å². The molecule has 0 heterocycles. The number of nitrogens with one attached hydrogen (secondary N) is 1. The normalized spacial score (nSPS) is 10.2. The lowest BCUT2D eigenvalue weighted by Crippen LogP contribution is -2.32. The molecule has 6 heteroatoms. The Morgan fingerprint density at radius 2 is 1.72 bits per heavy atom.